The number of para-hydroxylation sites is 1. The molecule has 0 bridgehead atoms. The number of unbranched alkanes of at least 4 members (excludes halogenated alkanes) is 1. The van der Waals surface area contributed by atoms with E-state index in [9.17, 15) is 4.79 Å². The van der Waals surface area contributed by atoms with Gasteiger partial charge in [0.1, 0.15) is 0 Å². The maximum atomic E-state index is 12.4. The number of halogens is 1. The van der Waals surface area contributed by atoms with Crippen molar-refractivity contribution < 1.29 is 4.79 Å². The summed E-state index contributed by atoms with van der Waals surface area (Å²) in [5.74, 6) is -0.0650. The van der Waals surface area contributed by atoms with Gasteiger partial charge in [-0.15, -0.1) is 12.4 Å². The second-order valence-corrected chi connectivity index (χ2v) is 5.63. The van der Waals surface area contributed by atoms with Crippen LogP contribution in [0.15, 0.2) is 30.3 Å². The average molecular weight is 335 g/mol. The predicted molar refractivity (Wildman–Crippen MR) is 93.5 cm³/mol. The lowest BCUT2D eigenvalue weighted by Gasteiger charge is -2.05. The molecule has 5 nitrogen and oxygen atoms in total. The summed E-state index contributed by atoms with van der Waals surface area (Å²) in [6.07, 6.45) is 4.85. The molecule has 0 saturated heterocycles. The number of fused-ring (bicyclic) bond motifs is 1. The van der Waals surface area contributed by atoms with Crippen LogP contribution in [0.4, 0.5) is 0 Å². The number of carbonyl (C=O) groups excluding carboxylic acids is 1. The Bertz CT molecular complexity index is 654. The third kappa shape index (κ3) is 3.74. The summed E-state index contributed by atoms with van der Waals surface area (Å²) in [5.41, 5.74) is 9.36. The number of nitrogens with two attached hydrogens (primary N) is 1. The number of benzene rings is 1. The van der Waals surface area contributed by atoms with Crippen LogP contribution < -0.4 is 11.1 Å². The number of rotatable bonds is 6. The van der Waals surface area contributed by atoms with Crippen LogP contribution in [0, 0.1) is 0 Å². The van der Waals surface area contributed by atoms with E-state index < -0.39 is 0 Å². The molecule has 0 fully saturated rings. The molecule has 0 radical (unpaired) electrons. The number of aromatic nitrogens is 2. The fourth-order valence-corrected chi connectivity index (χ4v) is 2.96. The molecule has 1 aromatic heterocycles. The van der Waals surface area contributed by atoms with E-state index in [2.05, 4.69) is 10.4 Å². The second kappa shape index (κ2) is 8.13. The fourth-order valence-electron chi connectivity index (χ4n) is 2.96. The number of hydrogen-bond donors (Lipinski definition) is 2. The van der Waals surface area contributed by atoms with Gasteiger partial charge in [-0.2, -0.15) is 5.10 Å². The highest BCUT2D eigenvalue weighted by Gasteiger charge is 2.26. The van der Waals surface area contributed by atoms with Gasteiger partial charge in [-0.25, -0.2) is 4.68 Å². The summed E-state index contributed by atoms with van der Waals surface area (Å²) in [7, 11) is 0. The number of nitrogens with zero attached hydrogens (tertiary/aromatic N) is 2. The normalized spacial score (nSPS) is 12.6. The zero-order valence-electron chi connectivity index (χ0n) is 13.1. The fraction of sp³-hybridized carbons (Fsp3) is 0.412. The van der Waals surface area contributed by atoms with Crippen LogP contribution in [0.2, 0.25) is 0 Å². The topological polar surface area (TPSA) is 72.9 Å². The van der Waals surface area contributed by atoms with E-state index in [1.165, 1.54) is 5.69 Å². The maximum absolute atomic E-state index is 12.4. The Balaban J connectivity index is 0.00000192. The standard InChI is InChI=1S/C17H22N4O.ClH/c18-11-4-5-12-19-17(22)16-14-9-6-10-15(14)21(20-16)13-7-2-1-3-8-13;/h1-3,7-8H,4-6,9-12,18H2,(H,19,22);1H. The number of nitrogens with one attached hydrogen (secondary N) is 1. The van der Waals surface area contributed by atoms with Gasteiger partial charge in [-0.05, 0) is 50.8 Å². The van der Waals surface area contributed by atoms with Crippen molar-refractivity contribution in [2.24, 2.45) is 5.73 Å². The average Bonchev–Trinajstić information content (AvgIpc) is 3.14. The Labute approximate surface area is 142 Å². The van der Waals surface area contributed by atoms with Crippen molar-refractivity contribution in [1.29, 1.82) is 0 Å². The van der Waals surface area contributed by atoms with Crippen molar-refractivity contribution in [2.45, 2.75) is 32.1 Å². The first-order valence-electron chi connectivity index (χ1n) is 7.95. The maximum Gasteiger partial charge on any atom is 0.272 e. The third-order valence-electron chi connectivity index (χ3n) is 4.06. The quantitative estimate of drug-likeness (QED) is 0.796. The highest BCUT2D eigenvalue weighted by Crippen LogP contribution is 2.27. The molecule has 1 heterocycles. The molecule has 1 aliphatic carbocycles. The van der Waals surface area contributed by atoms with E-state index >= 15 is 0 Å². The summed E-state index contributed by atoms with van der Waals surface area (Å²) in [6, 6.07) is 10.0. The third-order valence-corrected chi connectivity index (χ3v) is 4.06. The van der Waals surface area contributed by atoms with Crippen LogP contribution in [0.1, 0.15) is 41.0 Å². The lowest BCUT2D eigenvalue weighted by atomic mass is 10.2. The van der Waals surface area contributed by atoms with Gasteiger partial charge in [-0.1, -0.05) is 18.2 Å². The first-order chi connectivity index (χ1) is 10.8. The highest BCUT2D eigenvalue weighted by molar-refractivity contribution is 5.94. The van der Waals surface area contributed by atoms with E-state index in [-0.39, 0.29) is 18.3 Å². The molecular weight excluding hydrogens is 312 g/mol. The first kappa shape index (κ1) is 17.5. The van der Waals surface area contributed by atoms with Crippen molar-refractivity contribution in [3.63, 3.8) is 0 Å². The second-order valence-electron chi connectivity index (χ2n) is 5.63. The van der Waals surface area contributed by atoms with E-state index in [4.69, 9.17) is 5.73 Å². The van der Waals surface area contributed by atoms with Crippen LogP contribution in [0.25, 0.3) is 5.69 Å². The lowest BCUT2D eigenvalue weighted by molar-refractivity contribution is 0.0946. The zero-order valence-corrected chi connectivity index (χ0v) is 13.9. The van der Waals surface area contributed by atoms with E-state index in [0.29, 0.717) is 18.8 Å². The SMILES string of the molecule is Cl.NCCCCNC(=O)c1nn(-c2ccccc2)c2c1CCC2. The Kier molecular flexibility index (Phi) is 6.19. The summed E-state index contributed by atoms with van der Waals surface area (Å²) >= 11 is 0. The Hall–Kier alpha value is -1.85. The minimum atomic E-state index is -0.0650. The molecule has 3 rings (SSSR count). The monoisotopic (exact) mass is 334 g/mol. The van der Waals surface area contributed by atoms with Gasteiger partial charge in [0, 0.05) is 17.8 Å². The molecule has 0 unspecified atom stereocenters. The van der Waals surface area contributed by atoms with Crippen LogP contribution in [0.5, 0.6) is 0 Å². The van der Waals surface area contributed by atoms with E-state index in [0.717, 1.165) is 43.4 Å². The molecule has 3 N–H and O–H groups in total. The van der Waals surface area contributed by atoms with Crippen LogP contribution in [0.3, 0.4) is 0 Å². The number of hydrogen-bond acceptors (Lipinski definition) is 3. The predicted octanol–water partition coefficient (Wildman–Crippen LogP) is 2.25. The molecule has 124 valence electrons. The molecule has 1 amide bonds. The summed E-state index contributed by atoms with van der Waals surface area (Å²) in [5, 5.41) is 7.54. The largest absolute Gasteiger partial charge is 0.351 e. The zero-order chi connectivity index (χ0) is 15.4. The van der Waals surface area contributed by atoms with Gasteiger partial charge in [0.05, 0.1) is 5.69 Å². The van der Waals surface area contributed by atoms with Crippen molar-refractivity contribution in [3.8, 4) is 5.69 Å². The van der Waals surface area contributed by atoms with Crippen molar-refractivity contribution in [2.75, 3.05) is 13.1 Å². The lowest BCUT2D eigenvalue weighted by Crippen LogP contribution is -2.26. The van der Waals surface area contributed by atoms with Crippen LogP contribution in [-0.2, 0) is 12.8 Å². The highest BCUT2D eigenvalue weighted by atomic mass is 35.5. The van der Waals surface area contributed by atoms with Gasteiger partial charge >= 0.3 is 0 Å². The van der Waals surface area contributed by atoms with Gasteiger partial charge < -0.3 is 11.1 Å². The molecular formula is C17H23ClN4O. The van der Waals surface area contributed by atoms with Gasteiger partial charge in [0.2, 0.25) is 0 Å². The summed E-state index contributed by atoms with van der Waals surface area (Å²) in [4.78, 5) is 12.4. The van der Waals surface area contributed by atoms with Crippen molar-refractivity contribution >= 4 is 18.3 Å². The van der Waals surface area contributed by atoms with Gasteiger partial charge in [0.15, 0.2) is 5.69 Å². The van der Waals surface area contributed by atoms with Crippen molar-refractivity contribution in [3.05, 3.63) is 47.3 Å². The van der Waals surface area contributed by atoms with Crippen LogP contribution in [-0.4, -0.2) is 28.8 Å². The summed E-state index contributed by atoms with van der Waals surface area (Å²) in [6.45, 7) is 1.32. The molecule has 1 aromatic carbocycles. The minimum absolute atomic E-state index is 0. The summed E-state index contributed by atoms with van der Waals surface area (Å²) < 4.78 is 1.93. The Morgan fingerprint density at radius 2 is 2.00 bits per heavy atom. The van der Waals surface area contributed by atoms with Gasteiger partial charge in [-0.3, -0.25) is 4.79 Å². The molecule has 2 aromatic rings. The van der Waals surface area contributed by atoms with Crippen molar-refractivity contribution in [1.82, 2.24) is 15.1 Å². The Morgan fingerprint density at radius 3 is 2.74 bits per heavy atom. The van der Waals surface area contributed by atoms with E-state index in [1.54, 1.807) is 0 Å². The Morgan fingerprint density at radius 1 is 1.22 bits per heavy atom. The molecule has 23 heavy (non-hydrogen) atoms. The van der Waals surface area contributed by atoms with Gasteiger partial charge in [0.25, 0.3) is 5.91 Å². The molecule has 1 aliphatic rings. The van der Waals surface area contributed by atoms with E-state index in [1.807, 2.05) is 35.0 Å². The number of carbonyl (C=O) groups is 1. The first-order valence-corrected chi connectivity index (χ1v) is 7.95. The number of amides is 1. The molecule has 6 heteroatoms. The minimum Gasteiger partial charge on any atom is -0.351 e. The van der Waals surface area contributed by atoms with Crippen LogP contribution >= 0.6 is 12.4 Å². The smallest absolute Gasteiger partial charge is 0.272 e. The molecule has 0 atom stereocenters. The molecule has 0 spiro atoms. The molecule has 0 saturated carbocycles. The molecule has 0 aliphatic heterocycles.